The van der Waals surface area contributed by atoms with Crippen molar-refractivity contribution in [2.45, 2.75) is 33.6 Å². The van der Waals surface area contributed by atoms with Gasteiger partial charge in [-0.25, -0.2) is 4.79 Å². The third-order valence-corrected chi connectivity index (χ3v) is 2.04. The Morgan fingerprint density at radius 3 is 2.50 bits per heavy atom. The SMILES string of the molecule is CCC(C)CC(C)/C=C/C(=O)O. The van der Waals surface area contributed by atoms with Gasteiger partial charge in [-0.05, 0) is 18.3 Å². The van der Waals surface area contributed by atoms with Gasteiger partial charge in [0.25, 0.3) is 0 Å². The predicted molar refractivity (Wildman–Crippen MR) is 50.0 cm³/mol. The summed E-state index contributed by atoms with van der Waals surface area (Å²) in [6.07, 6.45) is 5.22. The zero-order chi connectivity index (χ0) is 9.56. The molecule has 0 aromatic heterocycles. The number of hydrogen-bond donors (Lipinski definition) is 1. The molecule has 2 atom stereocenters. The van der Waals surface area contributed by atoms with E-state index in [4.69, 9.17) is 5.11 Å². The molecule has 0 fully saturated rings. The fourth-order valence-electron chi connectivity index (χ4n) is 1.13. The molecule has 0 spiro atoms. The van der Waals surface area contributed by atoms with Gasteiger partial charge in [0, 0.05) is 6.08 Å². The lowest BCUT2D eigenvalue weighted by Gasteiger charge is -2.11. The number of rotatable bonds is 5. The summed E-state index contributed by atoms with van der Waals surface area (Å²) in [5.74, 6) is 0.195. The molecule has 0 rings (SSSR count). The average molecular weight is 170 g/mol. The van der Waals surface area contributed by atoms with E-state index in [1.807, 2.05) is 6.92 Å². The normalized spacial score (nSPS) is 16.2. The molecule has 0 heterocycles. The van der Waals surface area contributed by atoms with Crippen LogP contribution in [0.15, 0.2) is 12.2 Å². The highest BCUT2D eigenvalue weighted by atomic mass is 16.4. The zero-order valence-electron chi connectivity index (χ0n) is 8.08. The summed E-state index contributed by atoms with van der Waals surface area (Å²) < 4.78 is 0. The predicted octanol–water partition coefficient (Wildman–Crippen LogP) is 2.70. The molecule has 0 bridgehead atoms. The van der Waals surface area contributed by atoms with Crippen LogP contribution >= 0.6 is 0 Å². The molecule has 2 unspecified atom stereocenters. The van der Waals surface area contributed by atoms with Crippen LogP contribution in [0.5, 0.6) is 0 Å². The molecule has 0 aromatic rings. The Hall–Kier alpha value is -0.790. The molecule has 0 saturated heterocycles. The standard InChI is InChI=1S/C10H18O2/c1-4-8(2)7-9(3)5-6-10(11)12/h5-6,8-9H,4,7H2,1-3H3,(H,11,12)/b6-5+. The first-order chi connectivity index (χ1) is 5.56. The van der Waals surface area contributed by atoms with Gasteiger partial charge >= 0.3 is 5.97 Å². The maximum absolute atomic E-state index is 10.2. The molecule has 0 aliphatic heterocycles. The number of allylic oxidation sites excluding steroid dienone is 1. The molecule has 0 aliphatic rings. The van der Waals surface area contributed by atoms with Crippen molar-refractivity contribution in [2.24, 2.45) is 11.8 Å². The zero-order valence-corrected chi connectivity index (χ0v) is 8.08. The number of carboxylic acids is 1. The third-order valence-electron chi connectivity index (χ3n) is 2.04. The van der Waals surface area contributed by atoms with Gasteiger partial charge in [-0.3, -0.25) is 0 Å². The summed E-state index contributed by atoms with van der Waals surface area (Å²) >= 11 is 0. The summed E-state index contributed by atoms with van der Waals surface area (Å²) in [7, 11) is 0. The van der Waals surface area contributed by atoms with Crippen LogP contribution < -0.4 is 0 Å². The van der Waals surface area contributed by atoms with Crippen LogP contribution in [-0.2, 0) is 4.79 Å². The van der Waals surface area contributed by atoms with Gasteiger partial charge in [0.05, 0.1) is 0 Å². The summed E-state index contributed by atoms with van der Waals surface area (Å²) in [5.41, 5.74) is 0. The Morgan fingerprint density at radius 1 is 1.50 bits per heavy atom. The Balaban J connectivity index is 3.72. The van der Waals surface area contributed by atoms with Crippen molar-refractivity contribution in [1.29, 1.82) is 0 Å². The molecule has 0 amide bonds. The first-order valence-corrected chi connectivity index (χ1v) is 4.47. The molecule has 2 heteroatoms. The maximum atomic E-state index is 10.2. The number of aliphatic carboxylic acids is 1. The number of hydrogen-bond acceptors (Lipinski definition) is 1. The third kappa shape index (κ3) is 5.96. The Bertz CT molecular complexity index is 161. The highest BCUT2D eigenvalue weighted by molar-refractivity contribution is 5.79. The minimum Gasteiger partial charge on any atom is -0.478 e. The molecule has 2 nitrogen and oxygen atoms in total. The number of carbonyl (C=O) groups is 1. The first-order valence-electron chi connectivity index (χ1n) is 4.47. The van der Waals surface area contributed by atoms with Gasteiger partial charge in [0.2, 0.25) is 0 Å². The molecular weight excluding hydrogens is 152 g/mol. The molecular formula is C10H18O2. The first kappa shape index (κ1) is 11.2. The lowest BCUT2D eigenvalue weighted by Crippen LogP contribution is -2.00. The van der Waals surface area contributed by atoms with Crippen LogP contribution in [0.3, 0.4) is 0 Å². The van der Waals surface area contributed by atoms with Crippen molar-refractivity contribution in [3.63, 3.8) is 0 Å². The fourth-order valence-corrected chi connectivity index (χ4v) is 1.13. The van der Waals surface area contributed by atoms with Crippen LogP contribution in [0.25, 0.3) is 0 Å². The largest absolute Gasteiger partial charge is 0.478 e. The lowest BCUT2D eigenvalue weighted by molar-refractivity contribution is -0.131. The molecule has 0 radical (unpaired) electrons. The number of carboxylic acid groups (broad SMARTS) is 1. The van der Waals surface area contributed by atoms with E-state index >= 15 is 0 Å². The second-order valence-corrected chi connectivity index (χ2v) is 3.42. The lowest BCUT2D eigenvalue weighted by atomic mass is 9.95. The maximum Gasteiger partial charge on any atom is 0.327 e. The monoisotopic (exact) mass is 170 g/mol. The van der Waals surface area contributed by atoms with E-state index in [0.717, 1.165) is 12.8 Å². The van der Waals surface area contributed by atoms with Crippen molar-refractivity contribution < 1.29 is 9.90 Å². The molecule has 1 N–H and O–H groups in total. The molecule has 70 valence electrons. The van der Waals surface area contributed by atoms with Gasteiger partial charge in [-0.15, -0.1) is 0 Å². The van der Waals surface area contributed by atoms with Crippen molar-refractivity contribution in [3.05, 3.63) is 12.2 Å². The van der Waals surface area contributed by atoms with E-state index in [1.165, 1.54) is 6.08 Å². The van der Waals surface area contributed by atoms with Crippen LogP contribution in [-0.4, -0.2) is 11.1 Å². The Labute approximate surface area is 74.3 Å². The summed E-state index contributed by atoms with van der Waals surface area (Å²) in [4.78, 5) is 10.2. The van der Waals surface area contributed by atoms with E-state index in [2.05, 4.69) is 13.8 Å². The van der Waals surface area contributed by atoms with E-state index < -0.39 is 5.97 Å². The van der Waals surface area contributed by atoms with Crippen molar-refractivity contribution in [1.82, 2.24) is 0 Å². The second kappa shape index (κ2) is 5.81. The molecule has 0 aliphatic carbocycles. The minimum atomic E-state index is -0.856. The molecule has 0 saturated carbocycles. The van der Waals surface area contributed by atoms with Gasteiger partial charge in [0.1, 0.15) is 0 Å². The van der Waals surface area contributed by atoms with E-state index in [9.17, 15) is 4.79 Å². The Morgan fingerprint density at radius 2 is 2.08 bits per heavy atom. The van der Waals surface area contributed by atoms with Crippen LogP contribution in [0.1, 0.15) is 33.6 Å². The smallest absolute Gasteiger partial charge is 0.327 e. The van der Waals surface area contributed by atoms with Crippen LogP contribution in [0, 0.1) is 11.8 Å². The van der Waals surface area contributed by atoms with Gasteiger partial charge < -0.3 is 5.11 Å². The molecule has 12 heavy (non-hydrogen) atoms. The second-order valence-electron chi connectivity index (χ2n) is 3.42. The van der Waals surface area contributed by atoms with Gasteiger partial charge in [-0.2, -0.15) is 0 Å². The quantitative estimate of drug-likeness (QED) is 0.644. The summed E-state index contributed by atoms with van der Waals surface area (Å²) in [6.45, 7) is 6.38. The van der Waals surface area contributed by atoms with Crippen molar-refractivity contribution in [3.8, 4) is 0 Å². The van der Waals surface area contributed by atoms with Crippen molar-refractivity contribution in [2.75, 3.05) is 0 Å². The summed E-state index contributed by atoms with van der Waals surface area (Å²) in [5, 5.41) is 8.37. The van der Waals surface area contributed by atoms with Crippen LogP contribution in [0.4, 0.5) is 0 Å². The molecule has 0 aromatic carbocycles. The highest BCUT2D eigenvalue weighted by Gasteiger charge is 2.03. The highest BCUT2D eigenvalue weighted by Crippen LogP contribution is 2.15. The van der Waals surface area contributed by atoms with Gasteiger partial charge in [-0.1, -0.05) is 33.3 Å². The van der Waals surface area contributed by atoms with Gasteiger partial charge in [0.15, 0.2) is 0 Å². The van der Waals surface area contributed by atoms with E-state index in [-0.39, 0.29) is 0 Å². The topological polar surface area (TPSA) is 37.3 Å². The van der Waals surface area contributed by atoms with E-state index in [0.29, 0.717) is 11.8 Å². The minimum absolute atomic E-state index is 0.371. The van der Waals surface area contributed by atoms with Crippen molar-refractivity contribution >= 4 is 5.97 Å². The fraction of sp³-hybridized carbons (Fsp3) is 0.700. The summed E-state index contributed by atoms with van der Waals surface area (Å²) in [6, 6.07) is 0. The Kier molecular flexibility index (Phi) is 5.43. The van der Waals surface area contributed by atoms with E-state index in [1.54, 1.807) is 6.08 Å². The van der Waals surface area contributed by atoms with Crippen LogP contribution in [0.2, 0.25) is 0 Å². The average Bonchev–Trinajstić information content (AvgIpc) is 2.00.